The highest BCUT2D eigenvalue weighted by Crippen LogP contribution is 2.32. The van der Waals surface area contributed by atoms with Crippen LogP contribution in [0.25, 0.3) is 21.5 Å². The molecule has 1 amide bonds. The van der Waals surface area contributed by atoms with Crippen LogP contribution in [0.4, 0.5) is 4.79 Å². The second-order valence-electron chi connectivity index (χ2n) is 8.38. The number of benzene rings is 3. The molecule has 1 N–H and O–H groups in total. The van der Waals surface area contributed by atoms with Crippen LogP contribution in [-0.2, 0) is 9.53 Å². The van der Waals surface area contributed by atoms with Gasteiger partial charge >= 0.3 is 12.1 Å². The van der Waals surface area contributed by atoms with Gasteiger partial charge in [-0.15, -0.1) is 0 Å². The molecule has 0 unspecified atom stereocenters. The van der Waals surface area contributed by atoms with E-state index in [1.165, 1.54) is 6.92 Å². The fourth-order valence-electron chi connectivity index (χ4n) is 3.41. The minimum absolute atomic E-state index is 0.120. The molecule has 0 aliphatic heterocycles. The molecule has 0 aliphatic carbocycles. The molecule has 0 aromatic heterocycles. The largest absolute Gasteiger partial charge is 0.480 e. The maximum Gasteiger partial charge on any atom is 0.411 e. The Morgan fingerprint density at radius 2 is 1.47 bits per heavy atom. The predicted molar refractivity (Wildman–Crippen MR) is 123 cm³/mol. The van der Waals surface area contributed by atoms with Crippen LogP contribution < -0.4 is 0 Å². The molecule has 0 aliphatic rings. The van der Waals surface area contributed by atoms with Crippen molar-refractivity contribution in [2.75, 3.05) is 6.54 Å². The zero-order valence-corrected chi connectivity index (χ0v) is 18.5. The number of aliphatic carboxylic acids is 1. The lowest BCUT2D eigenvalue weighted by molar-refractivity contribution is -0.142. The van der Waals surface area contributed by atoms with E-state index in [-0.39, 0.29) is 6.54 Å². The summed E-state index contributed by atoms with van der Waals surface area (Å²) >= 11 is 0. The second kappa shape index (κ2) is 8.99. The van der Waals surface area contributed by atoms with Crippen molar-refractivity contribution in [3.8, 4) is 17.9 Å². The highest BCUT2D eigenvalue weighted by molar-refractivity contribution is 6.09. The summed E-state index contributed by atoms with van der Waals surface area (Å²) in [7, 11) is 0. The SMILES string of the molecule is C[C@@H](C(=O)O)N(CC#Cc1c2ccccc2c(C#N)c2ccccc12)C(=O)OC(C)(C)C. The molecule has 0 fully saturated rings. The van der Waals surface area contributed by atoms with Gasteiger partial charge in [0.05, 0.1) is 12.1 Å². The smallest absolute Gasteiger partial charge is 0.411 e. The van der Waals surface area contributed by atoms with Crippen LogP contribution in [0.1, 0.15) is 38.8 Å². The Kier molecular flexibility index (Phi) is 6.37. The zero-order chi connectivity index (χ0) is 23.5. The molecule has 0 bridgehead atoms. The number of nitrogens with zero attached hydrogens (tertiary/aromatic N) is 2. The van der Waals surface area contributed by atoms with Gasteiger partial charge in [-0.2, -0.15) is 5.26 Å². The first kappa shape index (κ1) is 22.7. The number of ether oxygens (including phenoxy) is 1. The van der Waals surface area contributed by atoms with E-state index in [9.17, 15) is 20.0 Å². The molecule has 0 saturated carbocycles. The molecule has 3 aromatic carbocycles. The summed E-state index contributed by atoms with van der Waals surface area (Å²) in [5.41, 5.74) is 0.541. The van der Waals surface area contributed by atoms with E-state index in [4.69, 9.17) is 4.74 Å². The Bertz CT molecular complexity index is 1250. The quantitative estimate of drug-likeness (QED) is 0.472. The highest BCUT2D eigenvalue weighted by Gasteiger charge is 2.29. The van der Waals surface area contributed by atoms with Crippen LogP contribution in [0.5, 0.6) is 0 Å². The molecule has 32 heavy (non-hydrogen) atoms. The molecule has 162 valence electrons. The average molecular weight is 428 g/mol. The average Bonchev–Trinajstić information content (AvgIpc) is 2.74. The van der Waals surface area contributed by atoms with Crippen molar-refractivity contribution in [2.45, 2.75) is 39.3 Å². The molecular weight excluding hydrogens is 404 g/mol. The van der Waals surface area contributed by atoms with Crippen molar-refractivity contribution < 1.29 is 19.4 Å². The summed E-state index contributed by atoms with van der Waals surface area (Å²) in [6, 6.07) is 16.2. The van der Waals surface area contributed by atoms with Crippen LogP contribution in [0, 0.1) is 23.2 Å². The van der Waals surface area contributed by atoms with Crippen molar-refractivity contribution in [3.05, 3.63) is 59.7 Å². The van der Waals surface area contributed by atoms with E-state index in [1.54, 1.807) is 20.8 Å². The van der Waals surface area contributed by atoms with Gasteiger partial charge in [0.15, 0.2) is 0 Å². The number of carbonyl (C=O) groups is 2. The summed E-state index contributed by atoms with van der Waals surface area (Å²) in [6.07, 6.45) is -0.740. The fourth-order valence-corrected chi connectivity index (χ4v) is 3.41. The number of nitriles is 1. The maximum atomic E-state index is 12.6. The van der Waals surface area contributed by atoms with Crippen molar-refractivity contribution in [2.24, 2.45) is 0 Å². The monoisotopic (exact) mass is 428 g/mol. The second-order valence-corrected chi connectivity index (χ2v) is 8.38. The molecule has 6 heteroatoms. The van der Waals surface area contributed by atoms with E-state index in [0.29, 0.717) is 5.56 Å². The van der Waals surface area contributed by atoms with Gasteiger partial charge in [0.1, 0.15) is 17.7 Å². The molecule has 0 heterocycles. The Morgan fingerprint density at radius 3 is 1.88 bits per heavy atom. The first-order valence-electron chi connectivity index (χ1n) is 10.2. The van der Waals surface area contributed by atoms with Crippen LogP contribution in [0.15, 0.2) is 48.5 Å². The molecule has 3 aromatic rings. The number of carbonyl (C=O) groups excluding carboxylic acids is 1. The first-order valence-corrected chi connectivity index (χ1v) is 10.2. The lowest BCUT2D eigenvalue weighted by Crippen LogP contribution is -2.45. The van der Waals surface area contributed by atoms with E-state index in [1.807, 2.05) is 48.5 Å². The van der Waals surface area contributed by atoms with Crippen molar-refractivity contribution in [1.82, 2.24) is 4.90 Å². The summed E-state index contributed by atoms with van der Waals surface area (Å²) in [5, 5.41) is 22.4. The minimum atomic E-state index is -1.15. The van der Waals surface area contributed by atoms with Crippen LogP contribution in [0.3, 0.4) is 0 Å². The minimum Gasteiger partial charge on any atom is -0.480 e. The first-order chi connectivity index (χ1) is 15.1. The maximum absolute atomic E-state index is 12.6. The van der Waals surface area contributed by atoms with E-state index in [2.05, 4.69) is 17.9 Å². The lowest BCUT2D eigenvalue weighted by Gasteiger charge is -2.28. The molecular formula is C26H24N2O4. The number of rotatable bonds is 3. The van der Waals surface area contributed by atoms with Crippen molar-refractivity contribution >= 4 is 33.6 Å². The van der Waals surface area contributed by atoms with Gasteiger partial charge in [0, 0.05) is 16.3 Å². The number of carboxylic acids is 1. The lowest BCUT2D eigenvalue weighted by atomic mass is 9.92. The van der Waals surface area contributed by atoms with Gasteiger partial charge in [-0.3, -0.25) is 4.90 Å². The summed E-state index contributed by atoms with van der Waals surface area (Å²) in [5.74, 6) is 4.93. The predicted octanol–water partition coefficient (Wildman–Crippen LogP) is 4.93. The Labute approximate surface area is 187 Å². The number of amides is 1. The third kappa shape index (κ3) is 4.66. The normalized spacial score (nSPS) is 11.8. The van der Waals surface area contributed by atoms with Gasteiger partial charge in [-0.05, 0) is 38.5 Å². The highest BCUT2D eigenvalue weighted by atomic mass is 16.6. The molecule has 0 radical (unpaired) electrons. The number of carboxylic acid groups (broad SMARTS) is 1. The van der Waals surface area contributed by atoms with Crippen LogP contribution in [-0.4, -0.2) is 40.3 Å². The summed E-state index contributed by atoms with van der Waals surface area (Å²) < 4.78 is 5.36. The molecule has 1 atom stereocenters. The van der Waals surface area contributed by atoms with Crippen molar-refractivity contribution in [1.29, 1.82) is 5.26 Å². The Balaban J connectivity index is 2.10. The third-order valence-corrected chi connectivity index (χ3v) is 4.96. The van der Waals surface area contributed by atoms with Crippen LogP contribution in [0.2, 0.25) is 0 Å². The topological polar surface area (TPSA) is 90.6 Å². The van der Waals surface area contributed by atoms with E-state index < -0.39 is 23.7 Å². The Morgan fingerprint density at radius 1 is 1.00 bits per heavy atom. The Hall–Kier alpha value is -4.03. The number of fused-ring (bicyclic) bond motifs is 2. The van der Waals surface area contributed by atoms with E-state index in [0.717, 1.165) is 32.0 Å². The van der Waals surface area contributed by atoms with Gasteiger partial charge in [0.2, 0.25) is 0 Å². The van der Waals surface area contributed by atoms with E-state index >= 15 is 0 Å². The summed E-state index contributed by atoms with van der Waals surface area (Å²) in [4.78, 5) is 25.2. The van der Waals surface area contributed by atoms with Gasteiger partial charge in [-0.25, -0.2) is 9.59 Å². The van der Waals surface area contributed by atoms with Gasteiger partial charge in [0.25, 0.3) is 0 Å². The number of hydrogen-bond donors (Lipinski definition) is 1. The van der Waals surface area contributed by atoms with Crippen molar-refractivity contribution in [3.63, 3.8) is 0 Å². The molecule has 6 nitrogen and oxygen atoms in total. The number of hydrogen-bond acceptors (Lipinski definition) is 4. The van der Waals surface area contributed by atoms with Gasteiger partial charge in [-0.1, -0.05) is 60.4 Å². The third-order valence-electron chi connectivity index (χ3n) is 4.96. The zero-order valence-electron chi connectivity index (χ0n) is 18.5. The molecule has 3 rings (SSSR count). The van der Waals surface area contributed by atoms with Gasteiger partial charge < -0.3 is 9.84 Å². The molecule has 0 saturated heterocycles. The molecule has 0 spiro atoms. The fraction of sp³-hybridized carbons (Fsp3) is 0.269. The van der Waals surface area contributed by atoms with Crippen LogP contribution >= 0.6 is 0 Å². The summed E-state index contributed by atoms with van der Waals surface area (Å²) in [6.45, 7) is 6.45. The standard InChI is InChI=1S/C26H24N2O4/c1-17(24(29)30)28(25(31)32-26(2,3)4)15-9-14-20-18-10-5-7-12-21(18)23(16-27)22-13-8-6-11-19(20)22/h5-8,10-13,17H,15H2,1-4H3,(H,29,30)/t17-/m0/s1.